The van der Waals surface area contributed by atoms with Crippen molar-refractivity contribution in [1.82, 2.24) is 0 Å². The van der Waals surface area contributed by atoms with E-state index >= 15 is 0 Å². The first-order chi connectivity index (χ1) is 10.1. The number of alkyl halides is 3. The Morgan fingerprint density at radius 2 is 1.91 bits per heavy atom. The van der Waals surface area contributed by atoms with Crippen LogP contribution in [0.15, 0.2) is 41.4 Å². The molecule has 0 unspecified atom stereocenters. The summed E-state index contributed by atoms with van der Waals surface area (Å²) < 4.78 is 42.6. The Labute approximate surface area is 131 Å². The minimum absolute atomic E-state index is 0.107. The molecule has 1 aliphatic carbocycles. The van der Waals surface area contributed by atoms with Gasteiger partial charge in [0.2, 0.25) is 0 Å². The van der Waals surface area contributed by atoms with Gasteiger partial charge < -0.3 is 4.74 Å². The minimum Gasteiger partial charge on any atom is -0.461 e. The van der Waals surface area contributed by atoms with Crippen LogP contribution in [0.2, 0.25) is 0 Å². The predicted octanol–water partition coefficient (Wildman–Crippen LogP) is 4.69. The van der Waals surface area contributed by atoms with Crippen LogP contribution in [0.5, 0.6) is 0 Å². The molecule has 0 N–H and O–H groups in total. The molecular weight excluding hydrogens is 317 g/mol. The number of carbonyl (C=O) groups excluding carboxylic acids is 1. The highest BCUT2D eigenvalue weighted by Crippen LogP contribution is 2.60. The van der Waals surface area contributed by atoms with Gasteiger partial charge in [0.05, 0.1) is 5.92 Å². The second-order valence-electron chi connectivity index (χ2n) is 5.93. The van der Waals surface area contributed by atoms with Crippen LogP contribution in [0.25, 0.3) is 0 Å². The summed E-state index contributed by atoms with van der Waals surface area (Å²) in [5.41, 5.74) is 0.244. The Hall–Kier alpha value is -1.49. The maximum absolute atomic E-state index is 12.5. The van der Waals surface area contributed by atoms with E-state index in [0.29, 0.717) is 0 Å². The lowest BCUT2D eigenvalue weighted by Gasteiger charge is -2.05. The molecule has 0 spiro atoms. The van der Waals surface area contributed by atoms with E-state index < -0.39 is 34.4 Å². The SMILES string of the molecule is CC1(C)[C@H](C=C(Cl)C(F)(F)F)[C@@H]1C(=O)OCc1ccccc1. The van der Waals surface area contributed by atoms with E-state index in [2.05, 4.69) is 0 Å². The van der Waals surface area contributed by atoms with Crippen LogP contribution in [0, 0.1) is 17.3 Å². The van der Waals surface area contributed by atoms with Gasteiger partial charge in [0.1, 0.15) is 11.6 Å². The smallest absolute Gasteiger partial charge is 0.426 e. The number of ether oxygens (including phenoxy) is 1. The molecule has 6 heteroatoms. The van der Waals surface area contributed by atoms with E-state index in [0.717, 1.165) is 11.6 Å². The Balaban J connectivity index is 1.99. The zero-order valence-electron chi connectivity index (χ0n) is 12.2. The van der Waals surface area contributed by atoms with E-state index in [1.54, 1.807) is 13.8 Å². The van der Waals surface area contributed by atoms with Crippen molar-refractivity contribution in [2.24, 2.45) is 17.3 Å². The number of hydrogen-bond donors (Lipinski definition) is 0. The lowest BCUT2D eigenvalue weighted by molar-refractivity contribution is -0.147. The van der Waals surface area contributed by atoms with E-state index in [9.17, 15) is 18.0 Å². The average molecular weight is 333 g/mol. The van der Waals surface area contributed by atoms with Crippen LogP contribution in [-0.4, -0.2) is 12.1 Å². The highest BCUT2D eigenvalue weighted by molar-refractivity contribution is 6.30. The summed E-state index contributed by atoms with van der Waals surface area (Å²) in [5.74, 6) is -1.67. The number of halogens is 4. The van der Waals surface area contributed by atoms with Crippen molar-refractivity contribution >= 4 is 17.6 Å². The minimum atomic E-state index is -4.58. The zero-order chi connectivity index (χ0) is 16.5. The van der Waals surface area contributed by atoms with Gasteiger partial charge in [-0.15, -0.1) is 0 Å². The van der Waals surface area contributed by atoms with Crippen molar-refractivity contribution in [2.75, 3.05) is 0 Å². The number of rotatable bonds is 4. The van der Waals surface area contributed by atoms with Crippen LogP contribution in [-0.2, 0) is 16.1 Å². The van der Waals surface area contributed by atoms with Crippen molar-refractivity contribution in [3.8, 4) is 0 Å². The monoisotopic (exact) mass is 332 g/mol. The van der Waals surface area contributed by atoms with Crippen LogP contribution in [0.3, 0.4) is 0 Å². The lowest BCUT2D eigenvalue weighted by atomic mass is 10.1. The highest BCUT2D eigenvalue weighted by Gasteiger charge is 2.62. The van der Waals surface area contributed by atoms with Gasteiger partial charge in [-0.1, -0.05) is 61.9 Å². The van der Waals surface area contributed by atoms with Crippen LogP contribution in [0.4, 0.5) is 13.2 Å². The second kappa shape index (κ2) is 5.95. The first kappa shape index (κ1) is 16.9. The molecule has 0 saturated heterocycles. The quantitative estimate of drug-likeness (QED) is 0.748. The van der Waals surface area contributed by atoms with Gasteiger partial charge in [0.25, 0.3) is 0 Å². The first-order valence-electron chi connectivity index (χ1n) is 6.79. The molecule has 0 aliphatic heterocycles. The Kier molecular flexibility index (Phi) is 4.57. The highest BCUT2D eigenvalue weighted by atomic mass is 35.5. The fraction of sp³-hybridized carbons (Fsp3) is 0.438. The third-order valence-electron chi connectivity index (χ3n) is 3.99. The molecule has 1 fully saturated rings. The first-order valence-corrected chi connectivity index (χ1v) is 7.17. The summed E-state index contributed by atoms with van der Waals surface area (Å²) in [7, 11) is 0. The van der Waals surface area contributed by atoms with E-state index in [1.165, 1.54) is 0 Å². The predicted molar refractivity (Wildman–Crippen MR) is 77.0 cm³/mol. The van der Waals surface area contributed by atoms with Crippen molar-refractivity contribution in [1.29, 1.82) is 0 Å². The van der Waals surface area contributed by atoms with Gasteiger partial charge in [-0.05, 0) is 16.9 Å². The van der Waals surface area contributed by atoms with Crippen LogP contribution < -0.4 is 0 Å². The van der Waals surface area contributed by atoms with Gasteiger partial charge in [-0.25, -0.2) is 0 Å². The molecule has 0 bridgehead atoms. The average Bonchev–Trinajstić information content (AvgIpc) is 2.97. The summed E-state index contributed by atoms with van der Waals surface area (Å²) in [5, 5.41) is -1.19. The van der Waals surface area contributed by atoms with Crippen LogP contribution in [0.1, 0.15) is 19.4 Å². The third-order valence-corrected chi connectivity index (χ3v) is 4.33. The largest absolute Gasteiger partial charge is 0.461 e. The standard InChI is InChI=1S/C16H16ClF3O2/c1-15(2)11(8-12(17)16(18,19)20)13(15)14(21)22-9-10-6-4-3-5-7-10/h3-8,11,13H,9H2,1-2H3/t11-,13-/m1/s1. The van der Waals surface area contributed by atoms with E-state index in [1.807, 2.05) is 30.3 Å². The summed E-state index contributed by atoms with van der Waals surface area (Å²) in [4.78, 5) is 12.1. The van der Waals surface area contributed by atoms with E-state index in [4.69, 9.17) is 16.3 Å². The molecule has 0 amide bonds. The number of benzene rings is 1. The summed E-state index contributed by atoms with van der Waals surface area (Å²) in [6.45, 7) is 3.56. The molecule has 1 aliphatic rings. The Morgan fingerprint density at radius 1 is 1.32 bits per heavy atom. The van der Waals surface area contributed by atoms with Crippen molar-refractivity contribution in [3.63, 3.8) is 0 Å². The fourth-order valence-electron chi connectivity index (χ4n) is 2.51. The van der Waals surface area contributed by atoms with E-state index in [-0.39, 0.29) is 6.61 Å². The van der Waals surface area contributed by atoms with Gasteiger partial charge in [-0.2, -0.15) is 13.2 Å². The van der Waals surface area contributed by atoms with Crippen molar-refractivity contribution < 1.29 is 22.7 Å². The molecule has 0 radical (unpaired) electrons. The second-order valence-corrected chi connectivity index (χ2v) is 6.34. The molecule has 1 aromatic rings. The number of hydrogen-bond acceptors (Lipinski definition) is 2. The molecular formula is C16H16ClF3O2. The third kappa shape index (κ3) is 3.64. The van der Waals surface area contributed by atoms with Crippen molar-refractivity contribution in [3.05, 3.63) is 47.0 Å². The van der Waals surface area contributed by atoms with Gasteiger partial charge >= 0.3 is 12.1 Å². The van der Waals surface area contributed by atoms with Gasteiger partial charge in [-0.3, -0.25) is 4.79 Å². The van der Waals surface area contributed by atoms with Gasteiger partial charge in [0, 0.05) is 0 Å². The number of carbonyl (C=O) groups is 1. The molecule has 1 aromatic carbocycles. The molecule has 22 heavy (non-hydrogen) atoms. The Morgan fingerprint density at radius 3 is 2.45 bits per heavy atom. The number of esters is 1. The Bertz CT molecular complexity index is 579. The summed E-state index contributed by atoms with van der Waals surface area (Å²) >= 11 is 5.25. The van der Waals surface area contributed by atoms with Crippen LogP contribution >= 0.6 is 11.6 Å². The summed E-state index contributed by atoms with van der Waals surface area (Å²) in [6, 6.07) is 9.10. The normalized spacial score (nSPS) is 24.0. The molecule has 2 rings (SSSR count). The molecule has 120 valence electrons. The lowest BCUT2D eigenvalue weighted by Crippen LogP contribution is -2.11. The maximum atomic E-state index is 12.5. The number of allylic oxidation sites excluding steroid dienone is 2. The zero-order valence-corrected chi connectivity index (χ0v) is 12.9. The summed E-state index contributed by atoms with van der Waals surface area (Å²) in [6.07, 6.45) is -3.67. The maximum Gasteiger partial charge on any atom is 0.426 e. The molecule has 0 heterocycles. The molecule has 2 nitrogen and oxygen atoms in total. The van der Waals surface area contributed by atoms with Crippen molar-refractivity contribution in [2.45, 2.75) is 26.6 Å². The topological polar surface area (TPSA) is 26.3 Å². The fourth-order valence-corrected chi connectivity index (χ4v) is 2.65. The molecule has 0 aromatic heterocycles. The molecule has 1 saturated carbocycles. The van der Waals surface area contributed by atoms with Gasteiger partial charge in [0.15, 0.2) is 0 Å². The molecule has 2 atom stereocenters.